The van der Waals surface area contributed by atoms with E-state index in [-0.39, 0.29) is 28.9 Å². The number of nitriles is 1. The SMILES string of the molecule is COCC[N+]1([O-])CCCC(c2ccc([C@H](O[C@@H](CC(C)C)C(=O)NCC#N)c3ccccc3)cc2)C1. The molecule has 2 aromatic rings. The molecule has 4 atom stereocenters. The average Bonchev–Trinajstić information content (AvgIpc) is 2.89. The molecule has 2 aromatic carbocycles. The molecule has 1 fully saturated rings. The van der Waals surface area contributed by atoms with E-state index in [4.69, 9.17) is 14.7 Å². The number of amides is 1. The average molecular weight is 494 g/mol. The molecule has 1 N–H and O–H groups in total. The van der Waals surface area contributed by atoms with Crippen molar-refractivity contribution in [2.75, 3.05) is 39.9 Å². The fourth-order valence-corrected chi connectivity index (χ4v) is 4.92. The number of carbonyl (C=O) groups is 1. The zero-order valence-electron chi connectivity index (χ0n) is 21.7. The standard InChI is InChI=1S/C29H39N3O4/c1-22(2)20-27(29(33)31-16-15-30)36-28(24-8-5-4-6-9-24)25-13-11-23(12-14-25)26-10-7-17-32(34,21-26)18-19-35-3/h4-6,8-9,11-14,22,26-28H,7,10,16-21H2,1-3H3,(H,31,33)/t26?,27-,28+,32?/m0/s1. The molecule has 0 spiro atoms. The number of rotatable bonds is 12. The van der Waals surface area contributed by atoms with Crippen molar-refractivity contribution in [3.63, 3.8) is 0 Å². The van der Waals surface area contributed by atoms with Gasteiger partial charge in [-0.3, -0.25) is 4.79 Å². The number of methoxy groups -OCH3 is 1. The van der Waals surface area contributed by atoms with Crippen molar-refractivity contribution in [2.45, 2.75) is 51.2 Å². The van der Waals surface area contributed by atoms with Crippen molar-refractivity contribution in [1.29, 1.82) is 5.26 Å². The third-order valence-corrected chi connectivity index (χ3v) is 6.81. The van der Waals surface area contributed by atoms with Gasteiger partial charge in [-0.15, -0.1) is 0 Å². The first-order valence-electron chi connectivity index (χ1n) is 12.9. The molecule has 1 aliphatic rings. The molecule has 2 unspecified atom stereocenters. The third-order valence-electron chi connectivity index (χ3n) is 6.81. The summed E-state index contributed by atoms with van der Waals surface area (Å²) in [6.07, 6.45) is 1.35. The van der Waals surface area contributed by atoms with E-state index in [2.05, 4.69) is 29.6 Å². The van der Waals surface area contributed by atoms with Crippen molar-refractivity contribution in [2.24, 2.45) is 5.92 Å². The Morgan fingerprint density at radius 2 is 1.86 bits per heavy atom. The molecule has 0 bridgehead atoms. The van der Waals surface area contributed by atoms with Gasteiger partial charge in [0.25, 0.3) is 0 Å². The molecule has 1 amide bonds. The van der Waals surface area contributed by atoms with Gasteiger partial charge in [-0.25, -0.2) is 0 Å². The Labute approximate surface area is 215 Å². The lowest BCUT2D eigenvalue weighted by Gasteiger charge is -2.48. The van der Waals surface area contributed by atoms with Crippen molar-refractivity contribution >= 4 is 5.91 Å². The van der Waals surface area contributed by atoms with Crippen LogP contribution >= 0.6 is 0 Å². The minimum Gasteiger partial charge on any atom is -0.633 e. The van der Waals surface area contributed by atoms with Gasteiger partial charge < -0.3 is 24.6 Å². The first-order valence-corrected chi connectivity index (χ1v) is 12.9. The van der Waals surface area contributed by atoms with E-state index in [1.807, 2.05) is 50.2 Å². The summed E-state index contributed by atoms with van der Waals surface area (Å²) in [5.41, 5.74) is 3.07. The Hall–Kier alpha value is -2.76. The van der Waals surface area contributed by atoms with Crippen molar-refractivity contribution in [3.05, 3.63) is 76.5 Å². The van der Waals surface area contributed by atoms with Crippen molar-refractivity contribution < 1.29 is 18.9 Å². The predicted octanol–water partition coefficient (Wildman–Crippen LogP) is 4.69. The molecular formula is C29H39N3O4. The smallest absolute Gasteiger partial charge is 0.250 e. The van der Waals surface area contributed by atoms with Crippen molar-refractivity contribution in [1.82, 2.24) is 5.32 Å². The van der Waals surface area contributed by atoms with Crippen LogP contribution in [0.2, 0.25) is 0 Å². The van der Waals surface area contributed by atoms with Gasteiger partial charge >= 0.3 is 0 Å². The molecule has 194 valence electrons. The lowest BCUT2D eigenvalue weighted by molar-refractivity contribution is -0.887. The number of carbonyl (C=O) groups excluding carboxylic acids is 1. The van der Waals surface area contributed by atoms with Crippen molar-refractivity contribution in [3.8, 4) is 6.07 Å². The number of piperidine rings is 1. The van der Waals surface area contributed by atoms with Crippen LogP contribution in [0, 0.1) is 22.5 Å². The zero-order chi connectivity index (χ0) is 26.0. The molecule has 7 heteroatoms. The summed E-state index contributed by atoms with van der Waals surface area (Å²) in [6, 6.07) is 20.1. The summed E-state index contributed by atoms with van der Waals surface area (Å²) < 4.78 is 11.4. The molecule has 1 saturated heterocycles. The van der Waals surface area contributed by atoms with Crippen LogP contribution in [-0.4, -0.2) is 56.6 Å². The van der Waals surface area contributed by atoms with Crippen LogP contribution in [0.25, 0.3) is 0 Å². The summed E-state index contributed by atoms with van der Waals surface area (Å²) >= 11 is 0. The highest BCUT2D eigenvalue weighted by Gasteiger charge is 2.30. The lowest BCUT2D eigenvalue weighted by Crippen LogP contribution is -2.50. The Kier molecular flexibility index (Phi) is 10.4. The minimum atomic E-state index is -0.680. The number of hydrogen-bond donors (Lipinski definition) is 1. The summed E-state index contributed by atoms with van der Waals surface area (Å²) in [5, 5.41) is 24.7. The molecule has 0 saturated carbocycles. The molecule has 36 heavy (non-hydrogen) atoms. The Morgan fingerprint density at radius 3 is 2.50 bits per heavy atom. The molecular weight excluding hydrogens is 454 g/mol. The van der Waals surface area contributed by atoms with Crippen LogP contribution < -0.4 is 5.32 Å². The second-order valence-corrected chi connectivity index (χ2v) is 10.1. The van der Waals surface area contributed by atoms with Gasteiger partial charge in [-0.05, 0) is 41.9 Å². The van der Waals surface area contributed by atoms with E-state index >= 15 is 0 Å². The largest absolute Gasteiger partial charge is 0.633 e. The molecule has 1 aliphatic heterocycles. The van der Waals surface area contributed by atoms with E-state index in [1.165, 1.54) is 0 Å². The number of benzene rings is 2. The molecule has 1 heterocycles. The number of nitrogens with one attached hydrogen (secondary N) is 1. The fraction of sp³-hybridized carbons (Fsp3) is 0.517. The second kappa shape index (κ2) is 13.5. The Bertz CT molecular complexity index is 990. The van der Waals surface area contributed by atoms with E-state index in [0.717, 1.165) is 29.5 Å². The summed E-state index contributed by atoms with van der Waals surface area (Å²) in [4.78, 5) is 12.8. The summed E-state index contributed by atoms with van der Waals surface area (Å²) in [5.74, 6) is 0.186. The first kappa shape index (κ1) is 27.8. The number of nitrogens with zero attached hydrogens (tertiary/aromatic N) is 2. The molecule has 3 rings (SSSR count). The van der Waals surface area contributed by atoms with Crippen LogP contribution in [0.1, 0.15) is 61.8 Å². The van der Waals surface area contributed by atoms with E-state index in [1.54, 1.807) is 7.11 Å². The maximum absolute atomic E-state index is 13.2. The molecule has 0 radical (unpaired) electrons. The summed E-state index contributed by atoms with van der Waals surface area (Å²) in [7, 11) is 1.64. The van der Waals surface area contributed by atoms with Gasteiger partial charge in [0, 0.05) is 13.0 Å². The highest BCUT2D eigenvalue weighted by Crippen LogP contribution is 2.34. The van der Waals surface area contributed by atoms with E-state index < -0.39 is 12.2 Å². The van der Waals surface area contributed by atoms with Gasteiger partial charge in [0.2, 0.25) is 5.91 Å². The van der Waals surface area contributed by atoms with Gasteiger partial charge in [0.15, 0.2) is 0 Å². The van der Waals surface area contributed by atoms with Gasteiger partial charge in [0.05, 0.1) is 25.8 Å². The van der Waals surface area contributed by atoms with E-state index in [9.17, 15) is 10.0 Å². The molecule has 0 aliphatic carbocycles. The maximum atomic E-state index is 13.2. The Balaban J connectivity index is 1.83. The second-order valence-electron chi connectivity index (χ2n) is 10.1. The van der Waals surface area contributed by atoms with E-state index in [0.29, 0.717) is 32.7 Å². The number of hydroxylamine groups is 3. The highest BCUT2D eigenvalue weighted by molar-refractivity contribution is 5.81. The maximum Gasteiger partial charge on any atom is 0.250 e. The summed E-state index contributed by atoms with van der Waals surface area (Å²) in [6.45, 7) is 6.22. The highest BCUT2D eigenvalue weighted by atomic mass is 16.6. The quantitative estimate of drug-likeness (QED) is 0.263. The topological polar surface area (TPSA) is 94.4 Å². The van der Waals surface area contributed by atoms with Crippen LogP contribution in [0.4, 0.5) is 0 Å². The monoisotopic (exact) mass is 493 g/mol. The van der Waals surface area contributed by atoms with Crippen LogP contribution in [0.5, 0.6) is 0 Å². The van der Waals surface area contributed by atoms with Crippen LogP contribution in [0.3, 0.4) is 0 Å². The lowest BCUT2D eigenvalue weighted by atomic mass is 9.89. The number of hydrogen-bond acceptors (Lipinski definition) is 5. The minimum absolute atomic E-state index is 0.0486. The zero-order valence-corrected chi connectivity index (χ0v) is 21.7. The fourth-order valence-electron chi connectivity index (χ4n) is 4.92. The first-order chi connectivity index (χ1) is 17.3. The van der Waals surface area contributed by atoms with Gasteiger partial charge in [-0.1, -0.05) is 68.4 Å². The number of quaternary nitrogens is 1. The van der Waals surface area contributed by atoms with Crippen LogP contribution in [-0.2, 0) is 14.3 Å². The number of ether oxygens (including phenoxy) is 2. The predicted molar refractivity (Wildman–Crippen MR) is 140 cm³/mol. The number of likely N-dealkylation sites (tertiary alicyclic amines) is 1. The van der Waals surface area contributed by atoms with Gasteiger partial charge in [0.1, 0.15) is 25.3 Å². The Morgan fingerprint density at radius 1 is 1.17 bits per heavy atom. The van der Waals surface area contributed by atoms with Crippen LogP contribution in [0.15, 0.2) is 54.6 Å². The third kappa shape index (κ3) is 7.87. The molecule has 0 aromatic heterocycles. The normalized spacial score (nSPS) is 21.5. The molecule has 7 nitrogen and oxygen atoms in total. The van der Waals surface area contributed by atoms with Gasteiger partial charge in [-0.2, -0.15) is 5.26 Å².